The fraction of sp³-hybridized carbons (Fsp3) is 0.737. The van der Waals surface area contributed by atoms with E-state index < -0.39 is 15.6 Å². The van der Waals surface area contributed by atoms with Gasteiger partial charge in [0.1, 0.15) is 13.1 Å². The summed E-state index contributed by atoms with van der Waals surface area (Å²) in [6.45, 7) is 6.93. The number of phosphoric acid groups is 2. The molecular formula is C38H88N2Nb4O18P2. The molecule has 0 unspecified atom stereocenters. The first-order chi connectivity index (χ1) is 25.9. The molecule has 0 aliphatic carbocycles. The molecule has 0 bridgehead atoms. The van der Waals surface area contributed by atoms with Gasteiger partial charge < -0.3 is 62.2 Å². The second-order valence-corrected chi connectivity index (χ2v) is 14.9. The normalized spacial score (nSPS) is 8.81. The predicted octanol–water partition coefficient (Wildman–Crippen LogP) is 3.31. The van der Waals surface area contributed by atoms with E-state index in [2.05, 4.69) is 84.2 Å². The molecule has 0 amide bonds. The van der Waals surface area contributed by atoms with Gasteiger partial charge in [-0.25, -0.2) is 9.13 Å². The molecule has 0 atom stereocenters. The summed E-state index contributed by atoms with van der Waals surface area (Å²) in [6.07, 6.45) is 42.9. The van der Waals surface area contributed by atoms with E-state index in [1.807, 2.05) is 0 Å². The van der Waals surface area contributed by atoms with Crippen LogP contribution < -0.4 is 18.9 Å². The average molecular weight is 1290 g/mol. The summed E-state index contributed by atoms with van der Waals surface area (Å²) < 4.78 is 22.1. The molecule has 2 heterocycles. The average Bonchev–Trinajstić information content (AvgIpc) is 3.14. The zero-order chi connectivity index (χ0) is 41.6. The third kappa shape index (κ3) is 120. The molecule has 26 heteroatoms. The van der Waals surface area contributed by atoms with E-state index in [0.717, 1.165) is 0 Å². The molecule has 0 aliphatic rings. The van der Waals surface area contributed by atoms with Crippen molar-refractivity contribution >= 4 is 15.6 Å². The monoisotopic (exact) mass is 1290 g/mol. The molecule has 0 aliphatic heterocycles. The molecule has 0 saturated carbocycles. The maximum Gasteiger partial charge on any atom is 0.262 e. The van der Waals surface area contributed by atoms with Crippen molar-refractivity contribution in [2.24, 2.45) is 0 Å². The van der Waals surface area contributed by atoms with Gasteiger partial charge in [-0.2, -0.15) is 0 Å². The minimum atomic E-state index is -4.89. The Morgan fingerprint density at radius 3 is 0.641 bits per heavy atom. The number of rotatable bonds is 26. The van der Waals surface area contributed by atoms with Crippen molar-refractivity contribution in [2.75, 3.05) is 0 Å². The molecule has 4 radical (unpaired) electrons. The predicted molar refractivity (Wildman–Crippen MR) is 232 cm³/mol. The van der Waals surface area contributed by atoms with Crippen LogP contribution in [0.15, 0.2) is 61.2 Å². The number of unbranched alkanes of at least 4 members (excludes halogenated alkanes) is 22. The van der Waals surface area contributed by atoms with Crippen molar-refractivity contribution in [1.82, 2.24) is 0 Å². The number of nitrogens with zero attached hydrogens (tertiary/aromatic N) is 2. The molecule has 2 rings (SSSR count). The first-order valence-electron chi connectivity index (χ1n) is 19.7. The third-order valence-electron chi connectivity index (χ3n) is 8.09. The Balaban J connectivity index is -0.0000000449. The van der Waals surface area contributed by atoms with Crippen LogP contribution in [0, 0.1) is 0 Å². The van der Waals surface area contributed by atoms with Gasteiger partial charge in [-0.05, 0) is 12.8 Å². The molecule has 0 fully saturated rings. The molecule has 0 spiro atoms. The summed E-state index contributed by atoms with van der Waals surface area (Å²) in [6, 6.07) is 12.6. The number of hydrogen-bond acceptors (Lipinski definition) is 8. The zero-order valence-corrected chi connectivity index (χ0v) is 48.5. The summed E-state index contributed by atoms with van der Waals surface area (Å²) in [7, 11) is -9.78. The van der Waals surface area contributed by atoms with Crippen LogP contribution in [0.25, 0.3) is 0 Å². The summed E-state index contributed by atoms with van der Waals surface area (Å²) in [5.41, 5.74) is 0. The van der Waals surface area contributed by atoms with Gasteiger partial charge in [-0.3, -0.25) is 30.2 Å². The van der Waals surface area contributed by atoms with E-state index in [1.54, 1.807) is 0 Å². The van der Waals surface area contributed by atoms with Gasteiger partial charge >= 0.3 is 0 Å². The van der Waals surface area contributed by atoms with E-state index in [-0.39, 0.29) is 122 Å². The van der Waals surface area contributed by atoms with Gasteiger partial charge in [-0.1, -0.05) is 154 Å². The molecule has 20 N–H and O–H groups in total. The van der Waals surface area contributed by atoms with Gasteiger partial charge in [0.05, 0.1) is 0 Å². The number of aromatic nitrogens is 2. The van der Waals surface area contributed by atoms with Crippen molar-refractivity contribution in [1.29, 1.82) is 0 Å². The van der Waals surface area contributed by atoms with Crippen molar-refractivity contribution in [2.45, 2.75) is 181 Å². The van der Waals surface area contributed by atoms with Gasteiger partial charge in [-0.15, -0.1) is 0 Å². The van der Waals surface area contributed by atoms with Gasteiger partial charge in [0.2, 0.25) is 0 Å². The van der Waals surface area contributed by atoms with Crippen LogP contribution in [0.2, 0.25) is 0 Å². The van der Waals surface area contributed by atoms with Crippen molar-refractivity contribution < 1.29 is 191 Å². The Morgan fingerprint density at radius 1 is 0.344 bits per heavy atom. The number of hydrogen-bond donors (Lipinski definition) is 8. The first kappa shape index (κ1) is 102. The smallest absolute Gasteiger partial charge is 0.262 e. The second-order valence-electron chi connectivity index (χ2n) is 13.0. The molecule has 2 aromatic rings. The van der Waals surface area contributed by atoms with Crippen LogP contribution in [0.1, 0.15) is 168 Å². The summed E-state index contributed by atoms with van der Waals surface area (Å²) in [5.74, 6) is 0. The molecule has 64 heavy (non-hydrogen) atoms. The Kier molecular flexibility index (Phi) is 135. The second kappa shape index (κ2) is 84.0. The van der Waals surface area contributed by atoms with E-state index in [1.165, 1.54) is 167 Å². The van der Waals surface area contributed by atoms with E-state index in [9.17, 15) is 0 Å². The van der Waals surface area contributed by atoms with Crippen LogP contribution in [-0.2, 0) is 112 Å². The molecule has 388 valence electrons. The van der Waals surface area contributed by atoms with E-state index >= 15 is 0 Å². The number of aryl methyl sites for hydroxylation is 2. The zero-order valence-electron chi connectivity index (χ0n) is 37.9. The minimum Gasteiger partial charge on any atom is -0.756 e. The van der Waals surface area contributed by atoms with E-state index in [0.29, 0.717) is 0 Å². The van der Waals surface area contributed by atoms with Crippen LogP contribution in [0.4, 0.5) is 0 Å². The van der Waals surface area contributed by atoms with Gasteiger partial charge in [0, 0.05) is 127 Å². The Labute approximate surface area is 445 Å². The first-order valence-corrected chi connectivity index (χ1v) is 22.7. The Bertz CT molecular complexity index is 982. The maximum absolute atomic E-state index is 8.77. The van der Waals surface area contributed by atoms with E-state index in [4.69, 9.17) is 59.5 Å². The maximum atomic E-state index is 8.77. The number of pyridine rings is 2. The fourth-order valence-corrected chi connectivity index (χ4v) is 5.44. The Morgan fingerprint density at radius 2 is 0.484 bits per heavy atom. The summed E-state index contributed by atoms with van der Waals surface area (Å²) >= 11 is 0. The minimum absolute atomic E-state index is 0. The van der Waals surface area contributed by atoms with Crippen LogP contribution in [0.3, 0.4) is 0 Å². The fourth-order valence-electron chi connectivity index (χ4n) is 5.44. The summed E-state index contributed by atoms with van der Waals surface area (Å²) in [4.78, 5) is 45.8. The third-order valence-corrected chi connectivity index (χ3v) is 8.09. The quantitative estimate of drug-likeness (QED) is 0.0168. The van der Waals surface area contributed by atoms with Crippen molar-refractivity contribution in [3.05, 3.63) is 61.2 Å². The van der Waals surface area contributed by atoms with Crippen LogP contribution in [-0.4, -0.2) is 73.5 Å². The SMILES string of the molecule is CCCCCCCCCCCCCC[n+]1ccccc1.CCCCCCCCCCCCCC[n+]1ccccc1.O.O.O.O.O.O.O=P([O-])(O)O.O=P([O-])(O)O.OO.OO.[Nb].[Nb].[Nb].[Nb]. The molecule has 0 aromatic carbocycles. The molecule has 20 nitrogen and oxygen atoms in total. The van der Waals surface area contributed by atoms with Gasteiger partial charge in [0.25, 0.3) is 15.6 Å². The van der Waals surface area contributed by atoms with Crippen LogP contribution in [0.5, 0.6) is 0 Å². The largest absolute Gasteiger partial charge is 0.756 e. The Hall–Kier alpha value is 1.08. The van der Waals surface area contributed by atoms with Crippen molar-refractivity contribution in [3.63, 3.8) is 0 Å². The van der Waals surface area contributed by atoms with Crippen molar-refractivity contribution in [3.8, 4) is 0 Å². The molecular weight excluding hydrogens is 1210 g/mol. The standard InChI is InChI=1S/2C19H34N.4Nb.2H3O4P.2H2O2.6H2O/c2*1-2-3-4-5-6-7-8-9-10-11-12-14-17-20-18-15-13-16-19-20;;;;;2*1-5(2,3)4;2*1-2;;;;;;/h2*13,15-16,18-19H,2-12,14,17H2,1H3;;;;;2*(H3,1,2,3,4);2*1-2H;6*1H2/q2*+1;;;;;;;;;;;;;;/p-2. The molecule has 2 aromatic heterocycles. The van der Waals surface area contributed by atoms with Gasteiger partial charge in [0.15, 0.2) is 24.8 Å². The topological polar surface area (TPSA) is 439 Å². The molecule has 0 saturated heterocycles. The van der Waals surface area contributed by atoms with Crippen LogP contribution >= 0.6 is 15.6 Å². The summed E-state index contributed by atoms with van der Waals surface area (Å²) in [5, 5.41) is 24.0.